The Labute approximate surface area is 109 Å². The molecule has 1 heterocycles. The molecule has 0 radical (unpaired) electrons. The maximum absolute atomic E-state index is 11.7. The van der Waals surface area contributed by atoms with Gasteiger partial charge < -0.3 is 10.4 Å². The second kappa shape index (κ2) is 5.34. The van der Waals surface area contributed by atoms with Gasteiger partial charge in [0.2, 0.25) is 0 Å². The Morgan fingerprint density at radius 3 is 2.79 bits per heavy atom. The lowest BCUT2D eigenvalue weighted by Gasteiger charge is -2.04. The Morgan fingerprint density at radius 2 is 2.16 bits per heavy atom. The minimum atomic E-state index is -0.988. The van der Waals surface area contributed by atoms with Crippen LogP contribution in [0.3, 0.4) is 0 Å². The molecule has 19 heavy (non-hydrogen) atoms. The summed E-state index contributed by atoms with van der Waals surface area (Å²) >= 11 is 0. The van der Waals surface area contributed by atoms with Crippen molar-refractivity contribution in [1.82, 2.24) is 15.1 Å². The van der Waals surface area contributed by atoms with E-state index < -0.39 is 5.97 Å². The van der Waals surface area contributed by atoms with E-state index in [9.17, 15) is 9.59 Å². The Balaban J connectivity index is 2.01. The highest BCUT2D eigenvalue weighted by Crippen LogP contribution is 2.05. The van der Waals surface area contributed by atoms with E-state index in [4.69, 9.17) is 5.11 Å². The quantitative estimate of drug-likeness (QED) is 0.859. The van der Waals surface area contributed by atoms with Crippen molar-refractivity contribution in [2.45, 2.75) is 6.54 Å². The van der Waals surface area contributed by atoms with Gasteiger partial charge in [-0.3, -0.25) is 9.48 Å². The first-order chi connectivity index (χ1) is 9.06. The van der Waals surface area contributed by atoms with Gasteiger partial charge in [-0.05, 0) is 23.8 Å². The average molecular weight is 259 g/mol. The monoisotopic (exact) mass is 259 g/mol. The van der Waals surface area contributed by atoms with Gasteiger partial charge in [0.1, 0.15) is 5.69 Å². The zero-order valence-corrected chi connectivity index (χ0v) is 10.3. The van der Waals surface area contributed by atoms with Crippen LogP contribution in [-0.4, -0.2) is 26.8 Å². The summed E-state index contributed by atoms with van der Waals surface area (Å²) in [6.45, 7) is 0.260. The third kappa shape index (κ3) is 3.19. The van der Waals surface area contributed by atoms with Gasteiger partial charge in [-0.2, -0.15) is 5.10 Å². The van der Waals surface area contributed by atoms with E-state index in [1.54, 1.807) is 36.1 Å². The zero-order chi connectivity index (χ0) is 13.8. The number of hydrogen-bond acceptors (Lipinski definition) is 3. The lowest BCUT2D eigenvalue weighted by molar-refractivity contribution is 0.0696. The molecule has 1 aromatic heterocycles. The SMILES string of the molecule is Cn1ccc(C(=O)NCc2cccc(C(=O)O)c2)n1. The Morgan fingerprint density at radius 1 is 1.37 bits per heavy atom. The molecule has 2 rings (SSSR count). The summed E-state index contributed by atoms with van der Waals surface area (Å²) in [5.74, 6) is -1.28. The fraction of sp³-hybridized carbons (Fsp3) is 0.154. The minimum absolute atomic E-state index is 0.199. The van der Waals surface area contributed by atoms with Crippen molar-refractivity contribution in [1.29, 1.82) is 0 Å². The van der Waals surface area contributed by atoms with E-state index in [2.05, 4.69) is 10.4 Å². The van der Waals surface area contributed by atoms with Gasteiger partial charge >= 0.3 is 5.97 Å². The fourth-order valence-corrected chi connectivity index (χ4v) is 1.62. The normalized spacial score (nSPS) is 10.2. The predicted octanol–water partition coefficient (Wildman–Crippen LogP) is 1.05. The molecule has 0 aliphatic rings. The van der Waals surface area contributed by atoms with E-state index in [-0.39, 0.29) is 18.0 Å². The summed E-state index contributed by atoms with van der Waals surface area (Å²) in [5, 5.41) is 15.5. The highest BCUT2D eigenvalue weighted by molar-refractivity contribution is 5.92. The van der Waals surface area contributed by atoms with Crippen molar-refractivity contribution in [3.63, 3.8) is 0 Å². The van der Waals surface area contributed by atoms with E-state index in [0.29, 0.717) is 5.69 Å². The number of aromatic carboxylic acids is 1. The topological polar surface area (TPSA) is 84.2 Å². The second-order valence-corrected chi connectivity index (χ2v) is 4.06. The zero-order valence-electron chi connectivity index (χ0n) is 10.3. The summed E-state index contributed by atoms with van der Waals surface area (Å²) < 4.78 is 1.54. The highest BCUT2D eigenvalue weighted by atomic mass is 16.4. The van der Waals surface area contributed by atoms with E-state index in [1.165, 1.54) is 12.1 Å². The van der Waals surface area contributed by atoms with Crippen molar-refractivity contribution < 1.29 is 14.7 Å². The largest absolute Gasteiger partial charge is 0.478 e. The van der Waals surface area contributed by atoms with Gasteiger partial charge in [0, 0.05) is 19.8 Å². The Bertz CT molecular complexity index is 619. The van der Waals surface area contributed by atoms with Gasteiger partial charge in [-0.1, -0.05) is 12.1 Å². The molecule has 98 valence electrons. The number of carboxylic acid groups (broad SMARTS) is 1. The summed E-state index contributed by atoms with van der Waals surface area (Å²) in [7, 11) is 1.73. The van der Waals surface area contributed by atoms with E-state index in [0.717, 1.165) is 5.56 Å². The van der Waals surface area contributed by atoms with Crippen LogP contribution in [0.15, 0.2) is 36.5 Å². The number of nitrogens with zero attached hydrogens (tertiary/aromatic N) is 2. The number of aryl methyl sites for hydroxylation is 1. The van der Waals surface area contributed by atoms with Crippen LogP contribution < -0.4 is 5.32 Å². The number of nitrogens with one attached hydrogen (secondary N) is 1. The molecule has 0 saturated heterocycles. The van der Waals surface area contributed by atoms with Gasteiger partial charge in [-0.15, -0.1) is 0 Å². The standard InChI is InChI=1S/C13H13N3O3/c1-16-6-5-11(15-16)12(17)14-8-9-3-2-4-10(7-9)13(18)19/h2-7H,8H2,1H3,(H,14,17)(H,18,19). The Kier molecular flexibility index (Phi) is 3.61. The average Bonchev–Trinajstić information content (AvgIpc) is 2.83. The number of amides is 1. The van der Waals surface area contributed by atoms with Crippen molar-refractivity contribution in [2.24, 2.45) is 7.05 Å². The summed E-state index contributed by atoms with van der Waals surface area (Å²) in [6.07, 6.45) is 1.68. The predicted molar refractivity (Wildman–Crippen MR) is 67.8 cm³/mol. The number of carboxylic acids is 1. The van der Waals surface area contributed by atoms with Crippen LogP contribution >= 0.6 is 0 Å². The number of hydrogen-bond donors (Lipinski definition) is 2. The molecule has 0 spiro atoms. The molecule has 1 amide bonds. The van der Waals surface area contributed by atoms with Gasteiger partial charge in [-0.25, -0.2) is 4.79 Å². The lowest BCUT2D eigenvalue weighted by atomic mass is 10.1. The van der Waals surface area contributed by atoms with Gasteiger partial charge in [0.15, 0.2) is 0 Å². The molecule has 0 unspecified atom stereocenters. The van der Waals surface area contributed by atoms with Crippen LogP contribution in [-0.2, 0) is 13.6 Å². The summed E-state index contributed by atoms with van der Waals surface area (Å²) in [5.41, 5.74) is 1.26. The molecule has 0 bridgehead atoms. The number of aromatic nitrogens is 2. The fourth-order valence-electron chi connectivity index (χ4n) is 1.62. The molecule has 0 aliphatic carbocycles. The molecule has 2 aromatic rings. The molecule has 0 fully saturated rings. The number of carbonyl (C=O) groups excluding carboxylic acids is 1. The van der Waals surface area contributed by atoms with E-state index >= 15 is 0 Å². The van der Waals surface area contributed by atoms with Crippen LogP contribution in [0.25, 0.3) is 0 Å². The highest BCUT2D eigenvalue weighted by Gasteiger charge is 2.09. The van der Waals surface area contributed by atoms with Gasteiger partial charge in [0.05, 0.1) is 5.56 Å². The summed E-state index contributed by atoms with van der Waals surface area (Å²) in [6, 6.07) is 8.05. The Hall–Kier alpha value is -2.63. The van der Waals surface area contributed by atoms with Crippen molar-refractivity contribution in [3.05, 3.63) is 53.3 Å². The first-order valence-electron chi connectivity index (χ1n) is 5.66. The molecule has 6 nitrogen and oxygen atoms in total. The molecule has 2 N–H and O–H groups in total. The molecule has 0 atom stereocenters. The number of benzene rings is 1. The molecular weight excluding hydrogens is 246 g/mol. The van der Waals surface area contributed by atoms with E-state index in [1.807, 2.05) is 0 Å². The second-order valence-electron chi connectivity index (χ2n) is 4.06. The molecule has 0 saturated carbocycles. The van der Waals surface area contributed by atoms with Crippen LogP contribution in [0, 0.1) is 0 Å². The first-order valence-corrected chi connectivity index (χ1v) is 5.66. The van der Waals surface area contributed by atoms with Crippen LogP contribution in [0.4, 0.5) is 0 Å². The van der Waals surface area contributed by atoms with Crippen molar-refractivity contribution in [3.8, 4) is 0 Å². The maximum atomic E-state index is 11.7. The molecule has 1 aromatic carbocycles. The molecule has 0 aliphatic heterocycles. The lowest BCUT2D eigenvalue weighted by Crippen LogP contribution is -2.23. The molecule has 6 heteroatoms. The summed E-state index contributed by atoms with van der Waals surface area (Å²) in [4.78, 5) is 22.6. The third-order valence-corrected chi connectivity index (χ3v) is 2.57. The first kappa shape index (κ1) is 12.8. The van der Waals surface area contributed by atoms with Crippen molar-refractivity contribution in [2.75, 3.05) is 0 Å². The smallest absolute Gasteiger partial charge is 0.335 e. The number of rotatable bonds is 4. The minimum Gasteiger partial charge on any atom is -0.478 e. The van der Waals surface area contributed by atoms with Gasteiger partial charge in [0.25, 0.3) is 5.91 Å². The van der Waals surface area contributed by atoms with Crippen LogP contribution in [0.1, 0.15) is 26.4 Å². The molecular formula is C13H13N3O3. The van der Waals surface area contributed by atoms with Crippen LogP contribution in [0.2, 0.25) is 0 Å². The number of carbonyl (C=O) groups is 2. The van der Waals surface area contributed by atoms with Crippen LogP contribution in [0.5, 0.6) is 0 Å². The van der Waals surface area contributed by atoms with Crippen molar-refractivity contribution >= 4 is 11.9 Å². The third-order valence-electron chi connectivity index (χ3n) is 2.57. The maximum Gasteiger partial charge on any atom is 0.335 e.